The van der Waals surface area contributed by atoms with E-state index in [4.69, 9.17) is 9.47 Å². The molecule has 1 amide bonds. The lowest BCUT2D eigenvalue weighted by atomic mass is 10.1. The first-order chi connectivity index (χ1) is 12.7. The summed E-state index contributed by atoms with van der Waals surface area (Å²) in [6, 6.07) is 11.6. The van der Waals surface area contributed by atoms with Gasteiger partial charge in [0.25, 0.3) is 5.91 Å². The Balaban J connectivity index is 1.67. The number of nitrogens with zero attached hydrogens (tertiary/aromatic N) is 3. The van der Waals surface area contributed by atoms with E-state index in [1.807, 2.05) is 43.3 Å². The maximum Gasteiger partial charge on any atom is 0.261 e. The molecule has 1 aromatic carbocycles. The molecule has 0 unspecified atom stereocenters. The Labute approximate surface area is 151 Å². The standard InChI is InChI=1S/C20H19N3O3/c1-2-25-17-5-6-18-15(9-17)8-16-12-23(11-14-4-3-7-21-10-14)19(24)13-26-20(16)22-18/h3-10H,2,11-13H2,1H3. The Bertz CT molecular complexity index is 944. The average molecular weight is 349 g/mol. The largest absolute Gasteiger partial charge is 0.494 e. The molecule has 6 nitrogen and oxygen atoms in total. The molecule has 1 aliphatic heterocycles. The van der Waals surface area contributed by atoms with Crippen LogP contribution in [0.25, 0.3) is 10.9 Å². The average Bonchev–Trinajstić information content (AvgIpc) is 2.80. The van der Waals surface area contributed by atoms with E-state index in [1.54, 1.807) is 17.3 Å². The third-order valence-corrected chi connectivity index (χ3v) is 4.28. The number of aromatic nitrogens is 2. The van der Waals surface area contributed by atoms with Crippen LogP contribution in [0.2, 0.25) is 0 Å². The maximum atomic E-state index is 12.5. The maximum absolute atomic E-state index is 12.5. The highest BCUT2D eigenvalue weighted by Gasteiger charge is 2.23. The van der Waals surface area contributed by atoms with Crippen molar-refractivity contribution in [2.45, 2.75) is 20.0 Å². The zero-order valence-electron chi connectivity index (χ0n) is 14.5. The van der Waals surface area contributed by atoms with Gasteiger partial charge in [0.15, 0.2) is 6.61 Å². The van der Waals surface area contributed by atoms with Gasteiger partial charge in [0, 0.05) is 29.9 Å². The molecule has 4 rings (SSSR count). The number of pyridine rings is 2. The van der Waals surface area contributed by atoms with E-state index in [2.05, 4.69) is 9.97 Å². The molecule has 0 spiro atoms. The Morgan fingerprint density at radius 2 is 2.19 bits per heavy atom. The van der Waals surface area contributed by atoms with Gasteiger partial charge in [-0.05, 0) is 42.8 Å². The van der Waals surface area contributed by atoms with Crippen LogP contribution in [-0.4, -0.2) is 34.0 Å². The highest BCUT2D eigenvalue weighted by Crippen LogP contribution is 2.28. The van der Waals surface area contributed by atoms with Crippen molar-refractivity contribution < 1.29 is 14.3 Å². The fourth-order valence-corrected chi connectivity index (χ4v) is 3.05. The van der Waals surface area contributed by atoms with Crippen LogP contribution in [0.4, 0.5) is 0 Å². The molecule has 0 saturated heterocycles. The number of fused-ring (bicyclic) bond motifs is 2. The lowest BCUT2D eigenvalue weighted by Gasteiger charge is -2.19. The number of carbonyl (C=O) groups is 1. The summed E-state index contributed by atoms with van der Waals surface area (Å²) in [5, 5.41) is 0.967. The molecule has 2 aromatic heterocycles. The van der Waals surface area contributed by atoms with Crippen molar-refractivity contribution in [3.8, 4) is 11.6 Å². The zero-order valence-corrected chi connectivity index (χ0v) is 14.5. The smallest absolute Gasteiger partial charge is 0.261 e. The second kappa shape index (κ2) is 7.00. The van der Waals surface area contributed by atoms with E-state index < -0.39 is 0 Å². The van der Waals surface area contributed by atoms with Crippen molar-refractivity contribution in [1.82, 2.24) is 14.9 Å². The van der Waals surface area contributed by atoms with Gasteiger partial charge in [-0.15, -0.1) is 0 Å². The SMILES string of the molecule is CCOc1ccc2nc3c(cc2c1)CN(Cc1cccnc1)C(=O)CO3. The van der Waals surface area contributed by atoms with E-state index in [1.165, 1.54) is 0 Å². The third-order valence-electron chi connectivity index (χ3n) is 4.28. The van der Waals surface area contributed by atoms with Gasteiger partial charge in [-0.2, -0.15) is 0 Å². The molecule has 0 bridgehead atoms. The van der Waals surface area contributed by atoms with Gasteiger partial charge >= 0.3 is 0 Å². The summed E-state index contributed by atoms with van der Waals surface area (Å²) in [7, 11) is 0. The molecule has 3 aromatic rings. The van der Waals surface area contributed by atoms with Crippen LogP contribution >= 0.6 is 0 Å². The first-order valence-corrected chi connectivity index (χ1v) is 8.59. The molecule has 26 heavy (non-hydrogen) atoms. The predicted octanol–water partition coefficient (Wildman–Crippen LogP) is 2.95. The van der Waals surface area contributed by atoms with Gasteiger partial charge in [-0.3, -0.25) is 9.78 Å². The van der Waals surface area contributed by atoms with E-state index in [-0.39, 0.29) is 12.5 Å². The molecule has 0 atom stereocenters. The second-order valence-corrected chi connectivity index (χ2v) is 6.14. The van der Waals surface area contributed by atoms with Crippen molar-refractivity contribution in [2.75, 3.05) is 13.2 Å². The summed E-state index contributed by atoms with van der Waals surface area (Å²) >= 11 is 0. The van der Waals surface area contributed by atoms with Crippen LogP contribution in [0.15, 0.2) is 48.8 Å². The summed E-state index contributed by atoms with van der Waals surface area (Å²) in [4.78, 5) is 22.9. The number of rotatable bonds is 4. The van der Waals surface area contributed by atoms with Gasteiger partial charge in [-0.25, -0.2) is 4.98 Å². The molecule has 0 aliphatic carbocycles. The normalized spacial score (nSPS) is 13.9. The minimum absolute atomic E-state index is 0.0111. The molecular formula is C20H19N3O3. The molecule has 6 heteroatoms. The van der Waals surface area contributed by atoms with Crippen molar-refractivity contribution >= 4 is 16.8 Å². The zero-order chi connectivity index (χ0) is 17.9. The molecule has 0 radical (unpaired) electrons. The van der Waals surface area contributed by atoms with Crippen LogP contribution in [0.5, 0.6) is 11.6 Å². The number of benzene rings is 1. The van der Waals surface area contributed by atoms with Crippen molar-refractivity contribution in [3.05, 3.63) is 59.9 Å². The van der Waals surface area contributed by atoms with Gasteiger partial charge < -0.3 is 14.4 Å². The van der Waals surface area contributed by atoms with Gasteiger partial charge in [0.1, 0.15) is 5.75 Å². The van der Waals surface area contributed by atoms with Gasteiger partial charge in [-0.1, -0.05) is 6.07 Å². The first kappa shape index (κ1) is 16.3. The van der Waals surface area contributed by atoms with E-state index in [0.717, 1.165) is 27.8 Å². The Kier molecular flexibility index (Phi) is 4.39. The molecule has 0 N–H and O–H groups in total. The fraction of sp³-hybridized carbons (Fsp3) is 0.250. The van der Waals surface area contributed by atoms with E-state index in [9.17, 15) is 4.79 Å². The summed E-state index contributed by atoms with van der Waals surface area (Å²) in [5.41, 5.74) is 2.69. The number of hydrogen-bond acceptors (Lipinski definition) is 5. The van der Waals surface area contributed by atoms with E-state index >= 15 is 0 Å². The van der Waals surface area contributed by atoms with Crippen LogP contribution < -0.4 is 9.47 Å². The molecule has 0 saturated carbocycles. The van der Waals surface area contributed by atoms with Crippen LogP contribution in [0.3, 0.4) is 0 Å². The summed E-state index contributed by atoms with van der Waals surface area (Å²) in [6.07, 6.45) is 3.49. The second-order valence-electron chi connectivity index (χ2n) is 6.14. The van der Waals surface area contributed by atoms with Crippen LogP contribution in [-0.2, 0) is 17.9 Å². The Morgan fingerprint density at radius 3 is 3.00 bits per heavy atom. The molecular weight excluding hydrogens is 330 g/mol. The number of ether oxygens (including phenoxy) is 2. The van der Waals surface area contributed by atoms with Crippen molar-refractivity contribution in [3.63, 3.8) is 0 Å². The molecule has 0 fully saturated rings. The highest BCUT2D eigenvalue weighted by atomic mass is 16.5. The lowest BCUT2D eigenvalue weighted by Crippen LogP contribution is -2.31. The monoisotopic (exact) mass is 349 g/mol. The molecule has 132 valence electrons. The van der Waals surface area contributed by atoms with Gasteiger partial charge in [0.2, 0.25) is 5.88 Å². The third kappa shape index (κ3) is 3.31. The van der Waals surface area contributed by atoms with Crippen LogP contribution in [0, 0.1) is 0 Å². The van der Waals surface area contributed by atoms with Crippen LogP contribution in [0.1, 0.15) is 18.1 Å². The quantitative estimate of drug-likeness (QED) is 0.725. The highest BCUT2D eigenvalue weighted by molar-refractivity contribution is 5.83. The number of carbonyl (C=O) groups excluding carboxylic acids is 1. The Hall–Kier alpha value is -3.15. The first-order valence-electron chi connectivity index (χ1n) is 8.59. The number of amides is 1. The molecule has 3 heterocycles. The van der Waals surface area contributed by atoms with Crippen molar-refractivity contribution in [1.29, 1.82) is 0 Å². The Morgan fingerprint density at radius 1 is 1.27 bits per heavy atom. The van der Waals surface area contributed by atoms with Gasteiger partial charge in [0.05, 0.1) is 18.7 Å². The predicted molar refractivity (Wildman–Crippen MR) is 96.9 cm³/mol. The minimum Gasteiger partial charge on any atom is -0.494 e. The number of hydrogen-bond donors (Lipinski definition) is 0. The van der Waals surface area contributed by atoms with Crippen molar-refractivity contribution in [2.24, 2.45) is 0 Å². The molecule has 1 aliphatic rings. The summed E-state index contributed by atoms with van der Waals surface area (Å²) < 4.78 is 11.2. The summed E-state index contributed by atoms with van der Waals surface area (Å²) in [5.74, 6) is 1.26. The fourth-order valence-electron chi connectivity index (χ4n) is 3.05. The lowest BCUT2D eigenvalue weighted by molar-refractivity contribution is -0.133. The summed E-state index contributed by atoms with van der Waals surface area (Å²) in [6.45, 7) is 3.50. The topological polar surface area (TPSA) is 64.5 Å². The van der Waals surface area contributed by atoms with E-state index in [0.29, 0.717) is 25.6 Å². The minimum atomic E-state index is -0.0640.